The first-order valence-electron chi connectivity index (χ1n) is 9.04. The standard InChI is InChI=1S/C20H24N2O3/c1-14-17(7-9-25-14)20(23)22-10-16(13-24-12-15-5-6-15)18(11-22)19-4-2-3-8-21-19/h2-4,7-9,15-16,18H,5-6,10-13H2,1H3/t16-,18+/m0/s1. The van der Waals surface area contributed by atoms with Crippen LogP contribution in [0.4, 0.5) is 0 Å². The minimum Gasteiger partial charge on any atom is -0.469 e. The summed E-state index contributed by atoms with van der Waals surface area (Å²) in [5, 5.41) is 0. The van der Waals surface area contributed by atoms with Gasteiger partial charge in [-0.25, -0.2) is 0 Å². The van der Waals surface area contributed by atoms with E-state index in [0.717, 1.165) is 18.2 Å². The van der Waals surface area contributed by atoms with Gasteiger partial charge < -0.3 is 14.1 Å². The van der Waals surface area contributed by atoms with Crippen LogP contribution in [0.25, 0.3) is 0 Å². The van der Waals surface area contributed by atoms with Gasteiger partial charge in [-0.3, -0.25) is 9.78 Å². The first kappa shape index (κ1) is 16.3. The Morgan fingerprint density at radius 1 is 1.28 bits per heavy atom. The molecule has 0 aromatic carbocycles. The monoisotopic (exact) mass is 340 g/mol. The molecule has 0 unspecified atom stereocenters. The molecule has 25 heavy (non-hydrogen) atoms. The number of hydrogen-bond donors (Lipinski definition) is 0. The fourth-order valence-electron chi connectivity index (χ4n) is 3.58. The Morgan fingerprint density at radius 3 is 2.84 bits per heavy atom. The average molecular weight is 340 g/mol. The molecule has 132 valence electrons. The molecule has 1 aliphatic heterocycles. The highest BCUT2D eigenvalue weighted by molar-refractivity contribution is 5.95. The molecular weight excluding hydrogens is 316 g/mol. The number of ether oxygens (including phenoxy) is 1. The summed E-state index contributed by atoms with van der Waals surface area (Å²) in [7, 11) is 0. The van der Waals surface area contributed by atoms with Crippen LogP contribution in [-0.4, -0.2) is 42.1 Å². The fourth-order valence-corrected chi connectivity index (χ4v) is 3.58. The van der Waals surface area contributed by atoms with Crippen LogP contribution in [0.3, 0.4) is 0 Å². The Balaban J connectivity index is 1.48. The van der Waals surface area contributed by atoms with Crippen LogP contribution < -0.4 is 0 Å². The van der Waals surface area contributed by atoms with Gasteiger partial charge in [-0.1, -0.05) is 6.07 Å². The molecule has 1 aliphatic carbocycles. The molecule has 3 heterocycles. The molecule has 1 saturated heterocycles. The molecule has 5 nitrogen and oxygen atoms in total. The maximum Gasteiger partial charge on any atom is 0.257 e. The van der Waals surface area contributed by atoms with Crippen molar-refractivity contribution in [3.05, 3.63) is 53.7 Å². The van der Waals surface area contributed by atoms with E-state index >= 15 is 0 Å². The predicted octanol–water partition coefficient (Wildman–Crippen LogP) is 3.27. The molecule has 0 spiro atoms. The van der Waals surface area contributed by atoms with Crippen molar-refractivity contribution >= 4 is 5.91 Å². The average Bonchev–Trinajstić information content (AvgIpc) is 3.20. The molecule has 2 aliphatic rings. The van der Waals surface area contributed by atoms with E-state index in [1.54, 1.807) is 12.3 Å². The lowest BCUT2D eigenvalue weighted by Gasteiger charge is -2.17. The van der Waals surface area contributed by atoms with Crippen LogP contribution in [0, 0.1) is 18.8 Å². The Bertz CT molecular complexity index is 724. The molecule has 4 rings (SSSR count). The quantitative estimate of drug-likeness (QED) is 0.810. The molecule has 2 atom stereocenters. The Morgan fingerprint density at radius 2 is 2.16 bits per heavy atom. The summed E-state index contributed by atoms with van der Waals surface area (Å²) in [6.45, 7) is 4.75. The second-order valence-corrected chi connectivity index (χ2v) is 7.20. The van der Waals surface area contributed by atoms with Gasteiger partial charge in [-0.05, 0) is 43.9 Å². The highest BCUT2D eigenvalue weighted by Gasteiger charge is 2.38. The summed E-state index contributed by atoms with van der Waals surface area (Å²) in [5.74, 6) is 1.96. The van der Waals surface area contributed by atoms with Gasteiger partial charge >= 0.3 is 0 Å². The molecule has 1 amide bonds. The maximum absolute atomic E-state index is 12.8. The number of rotatable bonds is 6. The van der Waals surface area contributed by atoms with E-state index in [-0.39, 0.29) is 17.7 Å². The van der Waals surface area contributed by atoms with Gasteiger partial charge in [0.25, 0.3) is 5.91 Å². The number of aryl methyl sites for hydroxylation is 1. The van der Waals surface area contributed by atoms with E-state index in [4.69, 9.17) is 9.15 Å². The summed E-state index contributed by atoms with van der Waals surface area (Å²) in [6.07, 6.45) is 5.98. The van der Waals surface area contributed by atoms with Gasteiger partial charge in [-0.15, -0.1) is 0 Å². The van der Waals surface area contributed by atoms with E-state index in [2.05, 4.69) is 11.1 Å². The topological polar surface area (TPSA) is 55.6 Å². The third kappa shape index (κ3) is 3.61. The number of nitrogens with zero attached hydrogens (tertiary/aromatic N) is 2. The second-order valence-electron chi connectivity index (χ2n) is 7.20. The minimum atomic E-state index is 0.0388. The summed E-state index contributed by atoms with van der Waals surface area (Å²) < 4.78 is 11.2. The summed E-state index contributed by atoms with van der Waals surface area (Å²) >= 11 is 0. The lowest BCUT2D eigenvalue weighted by molar-refractivity contribution is 0.0738. The first-order valence-corrected chi connectivity index (χ1v) is 9.04. The highest BCUT2D eigenvalue weighted by Crippen LogP contribution is 2.34. The summed E-state index contributed by atoms with van der Waals surface area (Å²) in [4.78, 5) is 19.3. The third-order valence-corrected chi connectivity index (χ3v) is 5.27. The number of carbonyl (C=O) groups is 1. The van der Waals surface area contributed by atoms with Crippen LogP contribution in [0.2, 0.25) is 0 Å². The van der Waals surface area contributed by atoms with E-state index in [1.807, 2.05) is 30.2 Å². The van der Waals surface area contributed by atoms with Crippen molar-refractivity contribution in [3.8, 4) is 0 Å². The second kappa shape index (κ2) is 7.00. The summed E-state index contributed by atoms with van der Waals surface area (Å²) in [6, 6.07) is 7.74. The van der Waals surface area contributed by atoms with E-state index < -0.39 is 0 Å². The van der Waals surface area contributed by atoms with Crippen LogP contribution in [-0.2, 0) is 4.74 Å². The van der Waals surface area contributed by atoms with E-state index in [9.17, 15) is 4.79 Å². The van der Waals surface area contributed by atoms with Gasteiger partial charge in [0.15, 0.2) is 0 Å². The minimum absolute atomic E-state index is 0.0388. The first-order chi connectivity index (χ1) is 12.2. The molecular formula is C20H24N2O3. The van der Waals surface area contributed by atoms with E-state index in [1.165, 1.54) is 12.8 Å². The Hall–Kier alpha value is -2.14. The zero-order chi connectivity index (χ0) is 17.2. The highest BCUT2D eigenvalue weighted by atomic mass is 16.5. The van der Waals surface area contributed by atoms with Gasteiger partial charge in [0.05, 0.1) is 18.4 Å². The number of pyridine rings is 1. The van der Waals surface area contributed by atoms with Crippen molar-refractivity contribution in [1.82, 2.24) is 9.88 Å². The largest absolute Gasteiger partial charge is 0.469 e. The molecule has 0 N–H and O–H groups in total. The normalized spacial score (nSPS) is 23.2. The van der Waals surface area contributed by atoms with Gasteiger partial charge in [-0.2, -0.15) is 0 Å². The molecule has 0 bridgehead atoms. The fraction of sp³-hybridized carbons (Fsp3) is 0.500. The predicted molar refractivity (Wildman–Crippen MR) is 93.4 cm³/mol. The van der Waals surface area contributed by atoms with E-state index in [0.29, 0.717) is 31.0 Å². The smallest absolute Gasteiger partial charge is 0.257 e. The van der Waals surface area contributed by atoms with Crippen LogP contribution in [0.1, 0.15) is 40.6 Å². The van der Waals surface area contributed by atoms with Gasteiger partial charge in [0, 0.05) is 43.4 Å². The molecule has 2 aromatic heterocycles. The number of amides is 1. The number of furan rings is 1. The SMILES string of the molecule is Cc1occc1C(=O)N1C[C@@H](COCC2CC2)[C@H](c2ccccn2)C1. The number of hydrogen-bond acceptors (Lipinski definition) is 4. The number of aromatic nitrogens is 1. The zero-order valence-electron chi connectivity index (χ0n) is 14.6. The van der Waals surface area contributed by atoms with Crippen LogP contribution in [0.5, 0.6) is 0 Å². The maximum atomic E-state index is 12.8. The van der Waals surface area contributed by atoms with Crippen LogP contribution in [0.15, 0.2) is 41.1 Å². The van der Waals surface area contributed by atoms with Crippen molar-refractivity contribution in [1.29, 1.82) is 0 Å². The van der Waals surface area contributed by atoms with Crippen LogP contribution >= 0.6 is 0 Å². The lowest BCUT2D eigenvalue weighted by Crippen LogP contribution is -2.29. The lowest BCUT2D eigenvalue weighted by atomic mass is 9.93. The van der Waals surface area contributed by atoms with Crippen molar-refractivity contribution in [2.75, 3.05) is 26.3 Å². The molecule has 2 fully saturated rings. The molecule has 0 radical (unpaired) electrons. The number of carbonyl (C=O) groups excluding carboxylic acids is 1. The molecule has 2 aromatic rings. The Labute approximate surface area is 148 Å². The van der Waals surface area contributed by atoms with Crippen molar-refractivity contribution in [2.24, 2.45) is 11.8 Å². The zero-order valence-corrected chi connectivity index (χ0v) is 14.6. The van der Waals surface area contributed by atoms with Gasteiger partial charge in [0.1, 0.15) is 5.76 Å². The Kier molecular flexibility index (Phi) is 4.57. The molecule has 1 saturated carbocycles. The number of likely N-dealkylation sites (tertiary alicyclic amines) is 1. The summed E-state index contributed by atoms with van der Waals surface area (Å²) in [5.41, 5.74) is 1.70. The van der Waals surface area contributed by atoms with Crippen molar-refractivity contribution in [2.45, 2.75) is 25.7 Å². The van der Waals surface area contributed by atoms with Crippen molar-refractivity contribution in [3.63, 3.8) is 0 Å². The molecule has 5 heteroatoms. The van der Waals surface area contributed by atoms with Crippen molar-refractivity contribution < 1.29 is 13.9 Å². The van der Waals surface area contributed by atoms with Gasteiger partial charge in [0.2, 0.25) is 0 Å². The third-order valence-electron chi connectivity index (χ3n) is 5.27.